The van der Waals surface area contributed by atoms with Crippen molar-refractivity contribution in [1.29, 1.82) is 0 Å². The molecule has 0 aliphatic rings. The van der Waals surface area contributed by atoms with E-state index >= 15 is 0 Å². The van der Waals surface area contributed by atoms with Crippen molar-refractivity contribution >= 4 is 17.7 Å². The van der Waals surface area contributed by atoms with E-state index in [1.54, 1.807) is 6.07 Å². The first-order valence-electron chi connectivity index (χ1n) is 6.45. The Morgan fingerprint density at radius 1 is 1.30 bits per heavy atom. The lowest BCUT2D eigenvalue weighted by molar-refractivity contribution is -0.120. The van der Waals surface area contributed by atoms with E-state index in [0.29, 0.717) is 31.2 Å². The van der Waals surface area contributed by atoms with Gasteiger partial charge < -0.3 is 15.4 Å². The molecule has 0 fully saturated rings. The van der Waals surface area contributed by atoms with Crippen LogP contribution in [-0.2, 0) is 9.53 Å². The fourth-order valence-electron chi connectivity index (χ4n) is 1.35. The first kappa shape index (κ1) is 15.9. The summed E-state index contributed by atoms with van der Waals surface area (Å²) in [6, 6.07) is 3.13. The molecule has 1 rings (SSSR count). The molecular weight excluding hydrogens is 260 g/mol. The number of rotatable bonds is 7. The Kier molecular flexibility index (Phi) is 6.42. The number of carbonyl (C=O) groups is 2. The summed E-state index contributed by atoms with van der Waals surface area (Å²) in [7, 11) is 1.28. The molecule has 7 heteroatoms. The van der Waals surface area contributed by atoms with Gasteiger partial charge in [0.15, 0.2) is 5.69 Å². The molecule has 20 heavy (non-hydrogen) atoms. The van der Waals surface area contributed by atoms with Gasteiger partial charge in [-0.3, -0.25) is 4.79 Å². The van der Waals surface area contributed by atoms with Gasteiger partial charge in [-0.05, 0) is 18.1 Å². The number of nitrogens with zero attached hydrogens (tertiary/aromatic N) is 2. The minimum Gasteiger partial charge on any atom is -0.464 e. The van der Waals surface area contributed by atoms with Crippen molar-refractivity contribution in [3.8, 4) is 0 Å². The molecule has 1 aromatic heterocycles. The number of amides is 1. The van der Waals surface area contributed by atoms with Gasteiger partial charge in [0.25, 0.3) is 0 Å². The van der Waals surface area contributed by atoms with Crippen LogP contribution in [0.1, 0.15) is 30.8 Å². The second-order valence-corrected chi connectivity index (χ2v) is 4.67. The molecule has 0 radical (unpaired) electrons. The number of hydrogen-bond donors (Lipinski definition) is 2. The number of nitrogens with one attached hydrogen (secondary N) is 2. The maximum Gasteiger partial charge on any atom is 0.358 e. The smallest absolute Gasteiger partial charge is 0.358 e. The van der Waals surface area contributed by atoms with E-state index in [9.17, 15) is 9.59 Å². The maximum atomic E-state index is 11.5. The van der Waals surface area contributed by atoms with Crippen LogP contribution in [0.2, 0.25) is 0 Å². The van der Waals surface area contributed by atoms with Crippen LogP contribution >= 0.6 is 0 Å². The van der Waals surface area contributed by atoms with Crippen LogP contribution in [0.4, 0.5) is 5.82 Å². The standard InChI is InChI=1S/C13H20N4O3/c1-9(2)8-15-12(18)6-7-14-11-5-4-10(16-17-11)13(19)20-3/h4-5,9H,6-8H2,1-3H3,(H,14,17)(H,15,18). The van der Waals surface area contributed by atoms with Crippen LogP contribution in [0.3, 0.4) is 0 Å². The molecule has 2 N–H and O–H groups in total. The van der Waals surface area contributed by atoms with Gasteiger partial charge >= 0.3 is 5.97 Å². The Morgan fingerprint density at radius 3 is 2.60 bits per heavy atom. The van der Waals surface area contributed by atoms with E-state index in [2.05, 4.69) is 25.6 Å². The molecule has 0 unspecified atom stereocenters. The number of ether oxygens (including phenoxy) is 1. The number of hydrogen-bond acceptors (Lipinski definition) is 6. The largest absolute Gasteiger partial charge is 0.464 e. The monoisotopic (exact) mass is 280 g/mol. The number of carbonyl (C=O) groups excluding carboxylic acids is 2. The molecule has 1 aromatic rings. The van der Waals surface area contributed by atoms with Crippen LogP contribution in [0, 0.1) is 5.92 Å². The number of aromatic nitrogens is 2. The van der Waals surface area contributed by atoms with E-state index in [0.717, 1.165) is 0 Å². The molecule has 0 aliphatic heterocycles. The second-order valence-electron chi connectivity index (χ2n) is 4.67. The highest BCUT2D eigenvalue weighted by Crippen LogP contribution is 2.03. The average molecular weight is 280 g/mol. The van der Waals surface area contributed by atoms with E-state index in [1.165, 1.54) is 13.2 Å². The molecule has 110 valence electrons. The van der Waals surface area contributed by atoms with Gasteiger partial charge in [-0.1, -0.05) is 13.8 Å². The van der Waals surface area contributed by atoms with Gasteiger partial charge in [0.05, 0.1) is 7.11 Å². The zero-order chi connectivity index (χ0) is 15.0. The highest BCUT2D eigenvalue weighted by atomic mass is 16.5. The molecular formula is C13H20N4O3. The third-order valence-electron chi connectivity index (χ3n) is 2.42. The third-order valence-corrected chi connectivity index (χ3v) is 2.42. The van der Waals surface area contributed by atoms with E-state index in [1.807, 2.05) is 13.8 Å². The van der Waals surface area contributed by atoms with Crippen LogP contribution in [0.15, 0.2) is 12.1 Å². The Hall–Kier alpha value is -2.18. The molecule has 0 saturated heterocycles. The zero-order valence-corrected chi connectivity index (χ0v) is 12.0. The van der Waals surface area contributed by atoms with Crippen molar-refractivity contribution < 1.29 is 14.3 Å². The lowest BCUT2D eigenvalue weighted by Crippen LogP contribution is -2.28. The predicted octanol–water partition coefficient (Wildman–Crippen LogP) is 0.837. The summed E-state index contributed by atoms with van der Waals surface area (Å²) in [5, 5.41) is 13.3. The highest BCUT2D eigenvalue weighted by molar-refractivity contribution is 5.86. The highest BCUT2D eigenvalue weighted by Gasteiger charge is 2.07. The summed E-state index contributed by atoms with van der Waals surface area (Å²) in [5.41, 5.74) is 0.146. The van der Waals surface area contributed by atoms with Gasteiger partial charge in [0, 0.05) is 19.5 Å². The molecule has 1 heterocycles. The second kappa shape index (κ2) is 8.08. The van der Waals surface area contributed by atoms with Crippen molar-refractivity contribution in [3.05, 3.63) is 17.8 Å². The molecule has 1 amide bonds. The predicted molar refractivity (Wildman–Crippen MR) is 74.3 cm³/mol. The molecule has 0 spiro atoms. The fourth-order valence-corrected chi connectivity index (χ4v) is 1.35. The van der Waals surface area contributed by atoms with E-state index in [4.69, 9.17) is 0 Å². The Labute approximate surface area is 118 Å². The van der Waals surface area contributed by atoms with Crippen molar-refractivity contribution in [2.45, 2.75) is 20.3 Å². The average Bonchev–Trinajstić information content (AvgIpc) is 2.45. The van der Waals surface area contributed by atoms with Gasteiger partial charge in [-0.15, -0.1) is 10.2 Å². The van der Waals surface area contributed by atoms with Crippen LogP contribution < -0.4 is 10.6 Å². The molecule has 0 aromatic carbocycles. The maximum absolute atomic E-state index is 11.5. The molecule has 0 bridgehead atoms. The topological polar surface area (TPSA) is 93.2 Å². The number of esters is 1. The molecule has 7 nitrogen and oxygen atoms in total. The zero-order valence-electron chi connectivity index (χ0n) is 12.0. The van der Waals surface area contributed by atoms with Gasteiger partial charge in [0.1, 0.15) is 5.82 Å². The van der Waals surface area contributed by atoms with Crippen molar-refractivity contribution in [2.24, 2.45) is 5.92 Å². The minimum atomic E-state index is -0.530. The lowest BCUT2D eigenvalue weighted by atomic mass is 10.2. The minimum absolute atomic E-state index is 0.00894. The summed E-state index contributed by atoms with van der Waals surface area (Å²) >= 11 is 0. The summed E-state index contributed by atoms with van der Waals surface area (Å²) in [4.78, 5) is 22.6. The number of anilines is 1. The summed E-state index contributed by atoms with van der Waals surface area (Å²) < 4.78 is 4.52. The molecule has 0 saturated carbocycles. The summed E-state index contributed by atoms with van der Waals surface area (Å²) in [6.45, 7) is 5.20. The van der Waals surface area contributed by atoms with E-state index < -0.39 is 5.97 Å². The molecule has 0 aliphatic carbocycles. The van der Waals surface area contributed by atoms with Crippen molar-refractivity contribution in [2.75, 3.05) is 25.5 Å². The van der Waals surface area contributed by atoms with Gasteiger partial charge in [-0.25, -0.2) is 4.79 Å². The van der Waals surface area contributed by atoms with E-state index in [-0.39, 0.29) is 11.6 Å². The fraction of sp³-hybridized carbons (Fsp3) is 0.538. The number of methoxy groups -OCH3 is 1. The summed E-state index contributed by atoms with van der Waals surface area (Å²) in [6.07, 6.45) is 0.354. The van der Waals surface area contributed by atoms with Crippen LogP contribution in [0.25, 0.3) is 0 Å². The third kappa shape index (κ3) is 5.64. The van der Waals surface area contributed by atoms with Crippen LogP contribution in [-0.4, -0.2) is 42.3 Å². The first-order valence-corrected chi connectivity index (χ1v) is 6.45. The summed E-state index contributed by atoms with van der Waals surface area (Å²) in [5.74, 6) is 0.403. The van der Waals surface area contributed by atoms with Crippen molar-refractivity contribution in [1.82, 2.24) is 15.5 Å². The van der Waals surface area contributed by atoms with Gasteiger partial charge in [-0.2, -0.15) is 0 Å². The lowest BCUT2D eigenvalue weighted by Gasteiger charge is -2.08. The first-order chi connectivity index (χ1) is 9.52. The Balaban J connectivity index is 2.32. The Bertz CT molecular complexity index is 445. The van der Waals surface area contributed by atoms with Gasteiger partial charge in [0.2, 0.25) is 5.91 Å². The Morgan fingerprint density at radius 2 is 2.05 bits per heavy atom. The molecule has 0 atom stereocenters. The SMILES string of the molecule is COC(=O)c1ccc(NCCC(=O)NCC(C)C)nn1. The van der Waals surface area contributed by atoms with Crippen molar-refractivity contribution in [3.63, 3.8) is 0 Å². The van der Waals surface area contributed by atoms with Crippen LogP contribution in [0.5, 0.6) is 0 Å². The quantitative estimate of drug-likeness (QED) is 0.719. The normalized spacial score (nSPS) is 10.2.